The molecule has 8 saturated carbocycles. The lowest BCUT2D eigenvalue weighted by Crippen LogP contribution is -2.54. The molecule has 352 valence electrons. The number of carboxylic acid groups (broad SMARTS) is 4. The standard InChI is InChI=1S/2C19H30O2.2C4H6O6/c2*1-18-9-7-13(20)11-12(18)3-4-14-15-5-6-17(21)19(15,2)10-8-16(14)18;2*5-1(3(7)8)2(6)4(9)10/h2*12,14-17,21H,3-11H2,1-2H3;2*1-2,5-6H,(H,7,8)(H,9,10)/t2*12-,14-,15-,16-,17-,18-,19-;2*1-,2-/m0011/s1. The van der Waals surface area contributed by atoms with Crippen LogP contribution in [0.2, 0.25) is 0 Å². The molecule has 10 N–H and O–H groups in total. The molecule has 8 fully saturated rings. The van der Waals surface area contributed by atoms with Crippen LogP contribution < -0.4 is 0 Å². The van der Waals surface area contributed by atoms with E-state index in [1.54, 1.807) is 0 Å². The summed E-state index contributed by atoms with van der Waals surface area (Å²) in [6.07, 6.45) is 11.0. The Morgan fingerprint density at radius 3 is 1.02 bits per heavy atom. The van der Waals surface area contributed by atoms with Crippen molar-refractivity contribution in [3.05, 3.63) is 0 Å². The van der Waals surface area contributed by atoms with Gasteiger partial charge in [-0.3, -0.25) is 9.59 Å². The van der Waals surface area contributed by atoms with Crippen LogP contribution in [0.5, 0.6) is 0 Å². The summed E-state index contributed by atoms with van der Waals surface area (Å²) in [5.41, 5.74) is 1.20. The Balaban J connectivity index is 0.000000167. The zero-order chi connectivity index (χ0) is 46.3. The molecular formula is C46H72O16. The van der Waals surface area contributed by atoms with Gasteiger partial charge in [-0.15, -0.1) is 0 Å². The summed E-state index contributed by atoms with van der Waals surface area (Å²) in [5.74, 6) is -0.0313. The van der Waals surface area contributed by atoms with Crippen molar-refractivity contribution in [2.75, 3.05) is 0 Å². The van der Waals surface area contributed by atoms with Gasteiger partial charge in [0.15, 0.2) is 24.4 Å². The van der Waals surface area contributed by atoms with Crippen molar-refractivity contribution in [3.63, 3.8) is 0 Å². The Morgan fingerprint density at radius 1 is 0.435 bits per heavy atom. The maximum Gasteiger partial charge on any atom is 0.335 e. The van der Waals surface area contributed by atoms with Gasteiger partial charge < -0.3 is 51.1 Å². The van der Waals surface area contributed by atoms with Crippen LogP contribution in [0.1, 0.15) is 143 Å². The molecule has 0 radical (unpaired) electrons. The number of fused-ring (bicyclic) bond motifs is 10. The third-order valence-electron chi connectivity index (χ3n) is 18.5. The first-order chi connectivity index (χ1) is 28.8. The molecule has 0 heterocycles. The monoisotopic (exact) mass is 880 g/mol. The lowest BCUT2D eigenvalue weighted by Gasteiger charge is -2.60. The molecule has 0 saturated heterocycles. The minimum atomic E-state index is -2.27. The second-order valence-electron chi connectivity index (χ2n) is 21.2. The average Bonchev–Trinajstić information content (AvgIpc) is 3.70. The zero-order valence-electron chi connectivity index (χ0n) is 36.7. The molecule has 16 nitrogen and oxygen atoms in total. The summed E-state index contributed by atoms with van der Waals surface area (Å²) in [7, 11) is 0. The third kappa shape index (κ3) is 9.52. The largest absolute Gasteiger partial charge is 0.479 e. The highest BCUT2D eigenvalue weighted by atomic mass is 16.4. The van der Waals surface area contributed by atoms with Crippen molar-refractivity contribution in [3.8, 4) is 0 Å². The lowest BCUT2D eigenvalue weighted by molar-refractivity contribution is -0.165. The molecule has 8 aliphatic carbocycles. The SMILES string of the molecule is C[C@]12CCC(=O)C[C@@H]1CC[C@@H]1[C@@H]2CC[C@]2(C)[C@@H](O)CC[C@@H]12.C[C@]12CCC(=O)C[C@@H]1CC[C@@H]1[C@@H]2CC[C@]2(C)[C@@H](O)CC[C@@H]12.O=C(O)[C@H](O)[C@@H](O)C(=O)O.O=C(O)[C@H](O)[C@@H](O)C(=O)O. The number of carbonyl (C=O) groups is 6. The van der Waals surface area contributed by atoms with E-state index in [2.05, 4.69) is 27.7 Å². The number of carbonyl (C=O) groups excluding carboxylic acids is 2. The summed E-state index contributed by atoms with van der Waals surface area (Å²) in [5, 5.41) is 86.0. The van der Waals surface area contributed by atoms with E-state index in [4.69, 9.17) is 40.9 Å². The molecule has 0 aromatic heterocycles. The summed E-state index contributed by atoms with van der Waals surface area (Å²) in [6.45, 7) is 9.69. The molecule has 0 aromatic carbocycles. The number of ketones is 2. The Kier molecular flexibility index (Phi) is 15.5. The van der Waals surface area contributed by atoms with Crippen molar-refractivity contribution < 1.29 is 79.8 Å². The molecule has 8 aliphatic rings. The van der Waals surface area contributed by atoms with Gasteiger partial charge in [0.25, 0.3) is 0 Å². The van der Waals surface area contributed by atoms with Crippen LogP contribution in [0.15, 0.2) is 0 Å². The van der Waals surface area contributed by atoms with Crippen LogP contribution in [-0.4, -0.2) is 123 Å². The van der Waals surface area contributed by atoms with Gasteiger partial charge in [-0.1, -0.05) is 27.7 Å². The molecule has 0 bridgehead atoms. The van der Waals surface area contributed by atoms with E-state index in [0.717, 1.165) is 86.9 Å². The number of aliphatic hydroxyl groups excluding tert-OH is 6. The molecule has 62 heavy (non-hydrogen) atoms. The topological polar surface area (TPSA) is 305 Å². The number of hydrogen-bond donors (Lipinski definition) is 10. The number of hydrogen-bond acceptors (Lipinski definition) is 12. The van der Waals surface area contributed by atoms with Gasteiger partial charge in [0.1, 0.15) is 11.6 Å². The van der Waals surface area contributed by atoms with Gasteiger partial charge in [0, 0.05) is 25.7 Å². The van der Waals surface area contributed by atoms with E-state index < -0.39 is 48.3 Å². The summed E-state index contributed by atoms with van der Waals surface area (Å²) >= 11 is 0. The highest BCUT2D eigenvalue weighted by Crippen LogP contribution is 2.67. The van der Waals surface area contributed by atoms with Crippen LogP contribution in [0, 0.1) is 69.0 Å². The van der Waals surface area contributed by atoms with Crippen molar-refractivity contribution in [1.29, 1.82) is 0 Å². The highest BCUT2D eigenvalue weighted by Gasteiger charge is 2.61. The average molecular weight is 881 g/mol. The first kappa shape index (κ1) is 50.0. The Labute approximate surface area is 363 Å². The van der Waals surface area contributed by atoms with E-state index in [1.165, 1.54) is 64.2 Å². The summed E-state index contributed by atoms with van der Waals surface area (Å²) in [6, 6.07) is 0. The number of aliphatic carboxylic acids is 4. The van der Waals surface area contributed by atoms with Crippen molar-refractivity contribution in [2.45, 2.75) is 180 Å². The van der Waals surface area contributed by atoms with Crippen LogP contribution in [0.4, 0.5) is 0 Å². The molecule has 0 amide bonds. The van der Waals surface area contributed by atoms with Crippen LogP contribution in [-0.2, 0) is 28.8 Å². The van der Waals surface area contributed by atoms with Gasteiger partial charge in [0.05, 0.1) is 12.2 Å². The second kappa shape index (κ2) is 19.2. The first-order valence-electron chi connectivity index (χ1n) is 22.9. The van der Waals surface area contributed by atoms with Gasteiger partial charge in [0.2, 0.25) is 0 Å². The highest BCUT2D eigenvalue weighted by molar-refractivity contribution is 5.83. The second-order valence-corrected chi connectivity index (χ2v) is 21.2. The van der Waals surface area contributed by atoms with E-state index in [0.29, 0.717) is 34.2 Å². The van der Waals surface area contributed by atoms with Crippen molar-refractivity contribution in [2.24, 2.45) is 69.0 Å². The summed E-state index contributed by atoms with van der Waals surface area (Å²) in [4.78, 5) is 62.8. The third-order valence-corrected chi connectivity index (χ3v) is 18.5. The molecule has 0 aliphatic heterocycles. The van der Waals surface area contributed by atoms with E-state index >= 15 is 0 Å². The number of Topliss-reactive ketones (excluding diaryl/α,β-unsaturated/α-hetero) is 2. The predicted octanol–water partition coefficient (Wildman–Crippen LogP) is 3.67. The van der Waals surface area contributed by atoms with E-state index in [9.17, 15) is 39.0 Å². The predicted molar refractivity (Wildman–Crippen MR) is 220 cm³/mol. The van der Waals surface area contributed by atoms with Crippen LogP contribution in [0.3, 0.4) is 0 Å². The molecule has 0 unspecified atom stereocenters. The van der Waals surface area contributed by atoms with Gasteiger partial charge in [-0.25, -0.2) is 19.2 Å². The minimum absolute atomic E-state index is 0.0677. The molecule has 0 spiro atoms. The van der Waals surface area contributed by atoms with Gasteiger partial charge >= 0.3 is 23.9 Å². The van der Waals surface area contributed by atoms with Crippen LogP contribution >= 0.6 is 0 Å². The van der Waals surface area contributed by atoms with E-state index in [-0.39, 0.29) is 23.0 Å². The summed E-state index contributed by atoms with van der Waals surface area (Å²) < 4.78 is 0. The van der Waals surface area contributed by atoms with Crippen LogP contribution in [0.25, 0.3) is 0 Å². The fourth-order valence-electron chi connectivity index (χ4n) is 14.6. The van der Waals surface area contributed by atoms with Gasteiger partial charge in [-0.2, -0.15) is 0 Å². The Morgan fingerprint density at radius 2 is 0.726 bits per heavy atom. The number of rotatable bonds is 6. The fraction of sp³-hybridized carbons (Fsp3) is 0.870. The first-order valence-corrected chi connectivity index (χ1v) is 22.9. The maximum absolute atomic E-state index is 11.9. The van der Waals surface area contributed by atoms with Gasteiger partial charge in [-0.05, 0) is 159 Å². The molecular weight excluding hydrogens is 808 g/mol. The lowest BCUT2D eigenvalue weighted by atomic mass is 9.45. The molecule has 16 heteroatoms. The quantitative estimate of drug-likeness (QED) is 0.182. The molecule has 18 atom stereocenters. The smallest absolute Gasteiger partial charge is 0.335 e. The van der Waals surface area contributed by atoms with Crippen molar-refractivity contribution in [1.82, 2.24) is 0 Å². The number of carboxylic acids is 4. The Bertz CT molecular complexity index is 1530. The number of aliphatic hydroxyl groups is 6. The van der Waals surface area contributed by atoms with E-state index in [1.807, 2.05) is 0 Å². The van der Waals surface area contributed by atoms with Crippen molar-refractivity contribution >= 4 is 35.4 Å². The molecule has 0 aromatic rings. The maximum atomic E-state index is 11.9. The molecule has 8 rings (SSSR count). The zero-order valence-corrected chi connectivity index (χ0v) is 36.7. The fourth-order valence-corrected chi connectivity index (χ4v) is 14.6. The minimum Gasteiger partial charge on any atom is -0.479 e. The Hall–Kier alpha value is -3.02. The normalized spacial score (nSPS) is 43.4.